The van der Waals surface area contributed by atoms with Gasteiger partial charge in [-0.05, 0) is 48.9 Å². The summed E-state index contributed by atoms with van der Waals surface area (Å²) in [7, 11) is 0. The summed E-state index contributed by atoms with van der Waals surface area (Å²) in [5.41, 5.74) is 5.40. The van der Waals surface area contributed by atoms with Crippen molar-refractivity contribution in [3.05, 3.63) is 96.3 Å². The summed E-state index contributed by atoms with van der Waals surface area (Å²) in [5.74, 6) is -0.702. The molecule has 160 valence electrons. The van der Waals surface area contributed by atoms with Crippen molar-refractivity contribution in [3.63, 3.8) is 0 Å². The van der Waals surface area contributed by atoms with Gasteiger partial charge in [-0.3, -0.25) is 20.0 Å². The third-order valence-corrected chi connectivity index (χ3v) is 5.60. The van der Waals surface area contributed by atoms with Crippen LogP contribution in [0.25, 0.3) is 0 Å². The highest BCUT2D eigenvalue weighted by Crippen LogP contribution is 2.17. The van der Waals surface area contributed by atoms with Gasteiger partial charge in [-0.25, -0.2) is 4.39 Å². The van der Waals surface area contributed by atoms with Crippen LogP contribution in [0.1, 0.15) is 12.5 Å². The zero-order chi connectivity index (χ0) is 22.1. The lowest BCUT2D eigenvalue weighted by Gasteiger charge is -2.27. The van der Waals surface area contributed by atoms with E-state index >= 15 is 0 Å². The van der Waals surface area contributed by atoms with E-state index in [1.54, 1.807) is 11.9 Å². The van der Waals surface area contributed by atoms with Crippen molar-refractivity contribution in [1.29, 1.82) is 0 Å². The number of hydrogen-bond donors (Lipinski definition) is 2. The maximum Gasteiger partial charge on any atom is 0.251 e. The van der Waals surface area contributed by atoms with E-state index in [-0.39, 0.29) is 23.4 Å². The number of amides is 2. The molecule has 0 aromatic heterocycles. The van der Waals surface area contributed by atoms with Gasteiger partial charge in [0.25, 0.3) is 5.91 Å². The highest BCUT2D eigenvalue weighted by Gasteiger charge is 2.19. The van der Waals surface area contributed by atoms with Gasteiger partial charge in [0, 0.05) is 5.69 Å². The number of thioether (sulfide) groups is 1. The smallest absolute Gasteiger partial charge is 0.251 e. The molecule has 31 heavy (non-hydrogen) atoms. The largest absolute Gasteiger partial charge is 0.325 e. The summed E-state index contributed by atoms with van der Waals surface area (Å²) in [4.78, 5) is 24.9. The Balaban J connectivity index is 1.56. The number of halogens is 1. The number of rotatable bonds is 9. The summed E-state index contributed by atoms with van der Waals surface area (Å²) in [6.07, 6.45) is 0. The molecule has 0 heterocycles. The first-order chi connectivity index (χ1) is 15.0. The summed E-state index contributed by atoms with van der Waals surface area (Å²) in [6.45, 7) is 2.27. The van der Waals surface area contributed by atoms with Crippen LogP contribution in [0.3, 0.4) is 0 Å². The Morgan fingerprint density at radius 2 is 1.55 bits per heavy atom. The molecule has 0 saturated carbocycles. The van der Waals surface area contributed by atoms with Crippen molar-refractivity contribution in [2.75, 3.05) is 16.1 Å². The molecular weight excluding hydrogens is 413 g/mol. The van der Waals surface area contributed by atoms with E-state index in [1.807, 2.05) is 60.7 Å². The molecule has 0 fully saturated rings. The highest BCUT2D eigenvalue weighted by molar-refractivity contribution is 8.01. The van der Waals surface area contributed by atoms with Crippen LogP contribution in [0.5, 0.6) is 0 Å². The molecule has 1 unspecified atom stereocenters. The quantitative estimate of drug-likeness (QED) is 0.480. The standard InChI is InChI=1S/C24H24FN3O2S/c1-18(31-17-23(29)26-21-14-12-20(25)13-15-21)24(30)27-28(22-10-6-3-7-11-22)16-19-8-4-2-5-9-19/h2-15,18H,16-17H2,1H3,(H,26,29)(H,27,30). The first-order valence-electron chi connectivity index (χ1n) is 9.85. The van der Waals surface area contributed by atoms with Gasteiger partial charge < -0.3 is 5.32 Å². The summed E-state index contributed by atoms with van der Waals surface area (Å²) < 4.78 is 13.0. The number of carbonyl (C=O) groups is 2. The number of nitrogens with zero attached hydrogens (tertiary/aromatic N) is 1. The van der Waals surface area contributed by atoms with Gasteiger partial charge in [0.2, 0.25) is 5.91 Å². The van der Waals surface area contributed by atoms with Gasteiger partial charge >= 0.3 is 0 Å². The van der Waals surface area contributed by atoms with E-state index in [1.165, 1.54) is 36.0 Å². The Bertz CT molecular complexity index is 985. The third kappa shape index (κ3) is 7.15. The van der Waals surface area contributed by atoms with Gasteiger partial charge in [-0.15, -0.1) is 11.8 Å². The van der Waals surface area contributed by atoms with Gasteiger partial charge in [0.15, 0.2) is 0 Å². The topological polar surface area (TPSA) is 61.4 Å². The number of para-hydroxylation sites is 1. The Hall–Kier alpha value is -3.32. The first kappa shape index (κ1) is 22.4. The van der Waals surface area contributed by atoms with Crippen molar-refractivity contribution in [2.24, 2.45) is 0 Å². The van der Waals surface area contributed by atoms with Crippen LogP contribution in [-0.2, 0) is 16.1 Å². The molecule has 0 bridgehead atoms. The first-order valence-corrected chi connectivity index (χ1v) is 10.9. The minimum atomic E-state index is -0.444. The Morgan fingerprint density at radius 1 is 0.935 bits per heavy atom. The minimum absolute atomic E-state index is 0.107. The maximum absolute atomic E-state index is 13.0. The van der Waals surface area contributed by atoms with Crippen molar-refractivity contribution in [1.82, 2.24) is 5.43 Å². The Labute approximate surface area is 185 Å². The van der Waals surface area contributed by atoms with E-state index in [2.05, 4.69) is 10.7 Å². The molecule has 7 heteroatoms. The van der Waals surface area contributed by atoms with Crippen LogP contribution in [0.2, 0.25) is 0 Å². The fraction of sp³-hybridized carbons (Fsp3) is 0.167. The molecule has 1 atom stereocenters. The molecule has 0 radical (unpaired) electrons. The van der Waals surface area contributed by atoms with Gasteiger partial charge in [0.05, 0.1) is 23.2 Å². The molecule has 0 spiro atoms. The second-order valence-corrected chi connectivity index (χ2v) is 8.22. The summed E-state index contributed by atoms with van der Waals surface area (Å²) in [5, 5.41) is 4.05. The zero-order valence-electron chi connectivity index (χ0n) is 17.1. The average molecular weight is 438 g/mol. The van der Waals surface area contributed by atoms with Crippen molar-refractivity contribution >= 4 is 35.0 Å². The van der Waals surface area contributed by atoms with Crippen molar-refractivity contribution < 1.29 is 14.0 Å². The van der Waals surface area contributed by atoms with Gasteiger partial charge in [-0.2, -0.15) is 0 Å². The second-order valence-electron chi connectivity index (χ2n) is 6.89. The predicted octanol–water partition coefficient (Wildman–Crippen LogP) is 4.62. The molecule has 0 aliphatic heterocycles. The monoisotopic (exact) mass is 437 g/mol. The third-order valence-electron chi connectivity index (χ3n) is 4.46. The van der Waals surface area contributed by atoms with E-state index in [0.717, 1.165) is 11.3 Å². The Morgan fingerprint density at radius 3 is 2.19 bits per heavy atom. The molecule has 2 N–H and O–H groups in total. The second kappa shape index (κ2) is 11.2. The highest BCUT2D eigenvalue weighted by atomic mass is 32.2. The number of benzene rings is 3. The predicted molar refractivity (Wildman–Crippen MR) is 124 cm³/mol. The van der Waals surface area contributed by atoms with Crippen LogP contribution in [-0.4, -0.2) is 22.8 Å². The molecule has 3 aromatic rings. The molecule has 0 aliphatic rings. The lowest BCUT2D eigenvalue weighted by atomic mass is 10.2. The van der Waals surface area contributed by atoms with Crippen molar-refractivity contribution in [3.8, 4) is 0 Å². The lowest BCUT2D eigenvalue weighted by Crippen LogP contribution is -2.45. The fourth-order valence-electron chi connectivity index (χ4n) is 2.80. The molecule has 3 aromatic carbocycles. The van der Waals surface area contributed by atoms with Crippen molar-refractivity contribution in [2.45, 2.75) is 18.7 Å². The van der Waals surface area contributed by atoms with E-state index in [4.69, 9.17) is 0 Å². The van der Waals surface area contributed by atoms with Gasteiger partial charge in [-0.1, -0.05) is 48.5 Å². The molecule has 3 rings (SSSR count). The van der Waals surface area contributed by atoms with Crippen LogP contribution >= 0.6 is 11.8 Å². The summed E-state index contributed by atoms with van der Waals surface area (Å²) >= 11 is 1.23. The lowest BCUT2D eigenvalue weighted by molar-refractivity contribution is -0.120. The molecule has 0 saturated heterocycles. The zero-order valence-corrected chi connectivity index (χ0v) is 17.9. The van der Waals surface area contributed by atoms with Gasteiger partial charge in [0.1, 0.15) is 5.82 Å². The number of carbonyl (C=O) groups excluding carboxylic acids is 2. The number of anilines is 2. The SMILES string of the molecule is CC(SCC(=O)Nc1ccc(F)cc1)C(=O)NN(Cc1ccccc1)c1ccccc1. The van der Waals surface area contributed by atoms with Crippen LogP contribution < -0.4 is 15.8 Å². The normalized spacial score (nSPS) is 11.4. The maximum atomic E-state index is 13.0. The number of hydrogen-bond acceptors (Lipinski definition) is 4. The molecule has 5 nitrogen and oxygen atoms in total. The average Bonchev–Trinajstić information content (AvgIpc) is 2.80. The summed E-state index contributed by atoms with van der Waals surface area (Å²) in [6, 6.07) is 25.0. The van der Waals surface area contributed by atoms with Crippen LogP contribution in [0, 0.1) is 5.82 Å². The fourth-order valence-corrected chi connectivity index (χ4v) is 3.48. The molecule has 0 aliphatic carbocycles. The van der Waals surface area contributed by atoms with E-state index in [0.29, 0.717) is 12.2 Å². The number of nitrogens with one attached hydrogen (secondary N) is 2. The Kier molecular flexibility index (Phi) is 8.06. The van der Waals surface area contributed by atoms with Crippen LogP contribution in [0.15, 0.2) is 84.9 Å². The van der Waals surface area contributed by atoms with E-state index < -0.39 is 5.25 Å². The number of hydrazine groups is 1. The van der Waals surface area contributed by atoms with E-state index in [9.17, 15) is 14.0 Å². The molecule has 2 amide bonds. The minimum Gasteiger partial charge on any atom is -0.325 e. The van der Waals surface area contributed by atoms with Crippen LogP contribution in [0.4, 0.5) is 15.8 Å². The molecular formula is C24H24FN3O2S.